The fourth-order valence-corrected chi connectivity index (χ4v) is 3.77. The summed E-state index contributed by atoms with van der Waals surface area (Å²) < 4.78 is 85.4. The number of aromatic nitrogens is 2. The van der Waals surface area contributed by atoms with Crippen molar-refractivity contribution >= 4 is 17.5 Å². The first kappa shape index (κ1) is 23.1. The zero-order valence-corrected chi connectivity index (χ0v) is 17.3. The Morgan fingerprint density at radius 2 is 1.70 bits per heavy atom. The van der Waals surface area contributed by atoms with Crippen molar-refractivity contribution in [3.05, 3.63) is 70.1 Å². The van der Waals surface area contributed by atoms with Gasteiger partial charge in [0, 0.05) is 17.1 Å². The molecule has 0 spiro atoms. The molecule has 1 unspecified atom stereocenters. The summed E-state index contributed by atoms with van der Waals surface area (Å²) in [5.74, 6) is -1.11. The van der Waals surface area contributed by atoms with Crippen molar-refractivity contribution in [3.63, 3.8) is 0 Å². The topological polar surface area (TPSA) is 59.2 Å². The molecule has 5 nitrogen and oxygen atoms in total. The summed E-state index contributed by atoms with van der Waals surface area (Å²) in [6.45, 7) is 0.0235. The third-order valence-electron chi connectivity index (χ3n) is 5.21. The van der Waals surface area contributed by atoms with Crippen LogP contribution in [0.15, 0.2) is 46.9 Å². The van der Waals surface area contributed by atoms with Gasteiger partial charge in [-0.1, -0.05) is 11.6 Å². The van der Waals surface area contributed by atoms with Crippen LogP contribution in [0.2, 0.25) is 5.02 Å². The first-order valence-electron chi connectivity index (χ1n) is 9.64. The second-order valence-electron chi connectivity index (χ2n) is 7.36. The van der Waals surface area contributed by atoms with Gasteiger partial charge in [-0.3, -0.25) is 4.79 Å². The summed E-state index contributed by atoms with van der Waals surface area (Å²) >= 11 is 5.84. The summed E-state index contributed by atoms with van der Waals surface area (Å²) in [5.41, 5.74) is -3.34. The Bertz CT molecular complexity index is 1170. The van der Waals surface area contributed by atoms with Gasteiger partial charge >= 0.3 is 12.4 Å². The highest BCUT2D eigenvalue weighted by Crippen LogP contribution is 2.39. The van der Waals surface area contributed by atoms with Crippen molar-refractivity contribution in [3.8, 4) is 11.5 Å². The molecule has 1 aliphatic heterocycles. The van der Waals surface area contributed by atoms with Gasteiger partial charge in [0.2, 0.25) is 11.8 Å². The lowest BCUT2D eigenvalue weighted by Crippen LogP contribution is -2.32. The van der Waals surface area contributed by atoms with Crippen molar-refractivity contribution in [2.24, 2.45) is 0 Å². The van der Waals surface area contributed by atoms with Crippen molar-refractivity contribution in [2.45, 2.75) is 31.2 Å². The van der Waals surface area contributed by atoms with E-state index in [1.807, 2.05) is 0 Å². The van der Waals surface area contributed by atoms with E-state index in [0.29, 0.717) is 29.5 Å². The molecule has 1 aromatic heterocycles. The number of halogens is 7. The second kappa shape index (κ2) is 8.36. The summed E-state index contributed by atoms with van der Waals surface area (Å²) in [5, 5.41) is 8.29. The van der Waals surface area contributed by atoms with Crippen LogP contribution in [0.1, 0.15) is 46.3 Å². The van der Waals surface area contributed by atoms with E-state index in [0.717, 1.165) is 4.90 Å². The zero-order chi connectivity index (χ0) is 24.0. The number of amides is 1. The van der Waals surface area contributed by atoms with E-state index in [9.17, 15) is 31.1 Å². The molecule has 4 rings (SSSR count). The van der Waals surface area contributed by atoms with Crippen LogP contribution in [-0.4, -0.2) is 27.5 Å². The third kappa shape index (κ3) is 4.68. The molecule has 0 radical (unpaired) electrons. The van der Waals surface area contributed by atoms with Crippen LogP contribution in [0.5, 0.6) is 0 Å². The molecule has 33 heavy (non-hydrogen) atoms. The van der Waals surface area contributed by atoms with Crippen LogP contribution in [0.4, 0.5) is 26.3 Å². The fourth-order valence-electron chi connectivity index (χ4n) is 3.64. The predicted molar refractivity (Wildman–Crippen MR) is 104 cm³/mol. The Morgan fingerprint density at radius 1 is 1.00 bits per heavy atom. The maximum absolute atomic E-state index is 13.5. The number of benzene rings is 2. The molecular formula is C21H14ClF6N3O2. The van der Waals surface area contributed by atoms with Crippen LogP contribution in [0, 0.1) is 0 Å². The molecule has 1 atom stereocenters. The molecule has 0 bridgehead atoms. The maximum Gasteiger partial charge on any atom is 0.417 e. The molecule has 0 aliphatic carbocycles. The van der Waals surface area contributed by atoms with Gasteiger partial charge in [-0.25, -0.2) is 0 Å². The average Bonchev–Trinajstić information content (AvgIpc) is 3.41. The third-order valence-corrected chi connectivity index (χ3v) is 5.47. The van der Waals surface area contributed by atoms with Crippen LogP contribution in [0.3, 0.4) is 0 Å². The van der Waals surface area contributed by atoms with Gasteiger partial charge in [0.05, 0.1) is 16.7 Å². The Morgan fingerprint density at radius 3 is 2.33 bits per heavy atom. The normalized spacial score (nSPS) is 16.9. The first-order chi connectivity index (χ1) is 15.4. The van der Waals surface area contributed by atoms with Crippen LogP contribution in [0.25, 0.3) is 11.5 Å². The predicted octanol–water partition coefficient (Wildman–Crippen LogP) is 6.40. The molecule has 3 aromatic rings. The Balaban J connectivity index is 1.68. The van der Waals surface area contributed by atoms with Gasteiger partial charge in [-0.2, -0.15) is 26.3 Å². The number of hydrogen-bond donors (Lipinski definition) is 0. The minimum absolute atomic E-state index is 0.0219. The number of hydrogen-bond acceptors (Lipinski definition) is 4. The lowest BCUT2D eigenvalue weighted by molar-refractivity contribution is -0.141. The van der Waals surface area contributed by atoms with Crippen LogP contribution in [-0.2, 0) is 12.4 Å². The quantitative estimate of drug-likeness (QED) is 0.399. The van der Waals surface area contributed by atoms with E-state index in [-0.39, 0.29) is 30.5 Å². The number of rotatable bonds is 3. The van der Waals surface area contributed by atoms with Gasteiger partial charge < -0.3 is 9.32 Å². The molecule has 1 amide bonds. The number of carbonyl (C=O) groups is 1. The largest absolute Gasteiger partial charge is 0.418 e. The first-order valence-corrected chi connectivity index (χ1v) is 10.0. The summed E-state index contributed by atoms with van der Waals surface area (Å²) in [6.07, 6.45) is -9.23. The molecule has 174 valence electrons. The fraction of sp³-hybridized carbons (Fsp3) is 0.286. The Labute approximate surface area is 188 Å². The molecule has 2 heterocycles. The Hall–Kier alpha value is -3.08. The standard InChI is InChI=1S/C21H14ClF6N3O2/c22-13-6-3-11(4-7-13)17-29-30-18(33-17)16-2-1-9-31(16)19(32)14-10-12(20(23,24)25)5-8-15(14)21(26,27)28/h3-8,10,16H,1-2,9H2. The molecule has 1 aliphatic rings. The highest BCUT2D eigenvalue weighted by Gasteiger charge is 2.42. The van der Waals surface area contributed by atoms with Crippen LogP contribution >= 0.6 is 11.6 Å². The van der Waals surface area contributed by atoms with Gasteiger partial charge in [0.25, 0.3) is 5.91 Å². The summed E-state index contributed by atoms with van der Waals surface area (Å²) in [7, 11) is 0. The zero-order valence-electron chi connectivity index (χ0n) is 16.5. The van der Waals surface area contributed by atoms with E-state index in [1.54, 1.807) is 24.3 Å². The van der Waals surface area contributed by atoms with E-state index in [1.165, 1.54) is 0 Å². The summed E-state index contributed by atoms with van der Waals surface area (Å²) in [6, 6.07) is 6.36. The van der Waals surface area contributed by atoms with Gasteiger partial charge in [-0.05, 0) is 55.3 Å². The van der Waals surface area contributed by atoms with E-state index < -0.39 is 41.0 Å². The Kier molecular flexibility index (Phi) is 5.85. The smallest absolute Gasteiger partial charge is 0.417 e. The molecule has 1 saturated heterocycles. The lowest BCUT2D eigenvalue weighted by Gasteiger charge is -2.24. The minimum Gasteiger partial charge on any atom is -0.418 e. The van der Waals surface area contributed by atoms with E-state index in [4.69, 9.17) is 16.0 Å². The molecule has 0 saturated carbocycles. The highest BCUT2D eigenvalue weighted by molar-refractivity contribution is 6.30. The number of nitrogens with zero attached hydrogens (tertiary/aromatic N) is 3. The van der Waals surface area contributed by atoms with Gasteiger partial charge in [-0.15, -0.1) is 10.2 Å². The number of likely N-dealkylation sites (tertiary alicyclic amines) is 1. The maximum atomic E-state index is 13.5. The number of alkyl halides is 6. The summed E-state index contributed by atoms with van der Waals surface area (Å²) in [4.78, 5) is 14.1. The van der Waals surface area contributed by atoms with Crippen molar-refractivity contribution in [1.82, 2.24) is 15.1 Å². The van der Waals surface area contributed by atoms with Crippen molar-refractivity contribution < 1.29 is 35.6 Å². The van der Waals surface area contributed by atoms with Gasteiger partial charge in [0.15, 0.2) is 0 Å². The van der Waals surface area contributed by atoms with E-state index >= 15 is 0 Å². The van der Waals surface area contributed by atoms with E-state index in [2.05, 4.69) is 10.2 Å². The molecule has 1 fully saturated rings. The monoisotopic (exact) mass is 489 g/mol. The number of carbonyl (C=O) groups excluding carboxylic acids is 1. The van der Waals surface area contributed by atoms with Crippen molar-refractivity contribution in [1.29, 1.82) is 0 Å². The second-order valence-corrected chi connectivity index (χ2v) is 7.80. The van der Waals surface area contributed by atoms with Crippen LogP contribution < -0.4 is 0 Å². The molecular weight excluding hydrogens is 476 g/mol. The van der Waals surface area contributed by atoms with Gasteiger partial charge in [0.1, 0.15) is 6.04 Å². The average molecular weight is 490 g/mol. The molecule has 2 aromatic carbocycles. The molecule has 12 heteroatoms. The SMILES string of the molecule is O=C(c1cc(C(F)(F)F)ccc1C(F)(F)F)N1CCCC1c1nnc(-c2ccc(Cl)cc2)o1. The van der Waals surface area contributed by atoms with Crippen molar-refractivity contribution in [2.75, 3.05) is 6.54 Å². The lowest BCUT2D eigenvalue weighted by atomic mass is 10.0. The highest BCUT2D eigenvalue weighted by atomic mass is 35.5. The minimum atomic E-state index is -5.02. The molecule has 0 N–H and O–H groups in total.